The first kappa shape index (κ1) is 17.0. The first-order valence-corrected chi connectivity index (χ1v) is 9.50. The fourth-order valence-corrected chi connectivity index (χ4v) is 5.05. The molecule has 1 N–H and O–H groups in total. The number of hydrogen-bond donors (Lipinski definition) is 1. The molecule has 0 aromatic rings. The van der Waals surface area contributed by atoms with Crippen LogP contribution in [0.3, 0.4) is 0 Å². The molecule has 2 fully saturated rings. The molecule has 0 saturated heterocycles. The molecule has 0 aliphatic heterocycles. The third kappa shape index (κ3) is 3.06. The van der Waals surface area contributed by atoms with Crippen LogP contribution in [0, 0.1) is 22.7 Å². The van der Waals surface area contributed by atoms with E-state index in [9.17, 15) is 13.5 Å². The Kier molecular flexibility index (Phi) is 4.33. The molecule has 0 unspecified atom stereocenters. The molecule has 0 amide bonds. The van der Waals surface area contributed by atoms with E-state index in [1.165, 1.54) is 0 Å². The number of aliphatic hydroxyl groups excluding tert-OH is 1. The van der Waals surface area contributed by atoms with E-state index in [0.29, 0.717) is 5.92 Å². The van der Waals surface area contributed by atoms with Crippen LogP contribution in [0.15, 0.2) is 12.2 Å². The minimum Gasteiger partial charge on any atom is -0.393 e. The number of rotatable bonds is 3. The van der Waals surface area contributed by atoms with E-state index < -0.39 is 10.1 Å². The number of fused-ring (bicyclic) bond motifs is 1. The summed E-state index contributed by atoms with van der Waals surface area (Å²) in [5.74, 6) is 0.394. The van der Waals surface area contributed by atoms with Crippen molar-refractivity contribution in [3.63, 3.8) is 0 Å². The Morgan fingerprint density at radius 2 is 1.95 bits per heavy atom. The Bertz CT molecular complexity index is 522. The lowest BCUT2D eigenvalue weighted by atomic mass is 9.47. The lowest BCUT2D eigenvalue weighted by Crippen LogP contribution is -2.55. The maximum Gasteiger partial charge on any atom is 0.264 e. The molecule has 2 saturated carbocycles. The zero-order valence-electron chi connectivity index (χ0n) is 13.6. The normalized spacial score (nSPS) is 39.9. The SMILES string of the molecule is C=C1CC[C@H]2C(C)(C)[C@@H](O)CC[C@]2(C)[C@H]1COS(C)(=O)=O. The van der Waals surface area contributed by atoms with Crippen LogP contribution in [0.2, 0.25) is 0 Å². The molecule has 0 aromatic carbocycles. The molecule has 5 heteroatoms. The van der Waals surface area contributed by atoms with Crippen molar-refractivity contribution in [2.45, 2.75) is 52.6 Å². The summed E-state index contributed by atoms with van der Waals surface area (Å²) in [7, 11) is -3.44. The van der Waals surface area contributed by atoms with Crippen LogP contribution >= 0.6 is 0 Å². The van der Waals surface area contributed by atoms with Gasteiger partial charge in [0.1, 0.15) is 0 Å². The Labute approximate surface area is 128 Å². The van der Waals surface area contributed by atoms with Crippen molar-refractivity contribution in [3.05, 3.63) is 12.2 Å². The topological polar surface area (TPSA) is 63.6 Å². The van der Waals surface area contributed by atoms with Crippen LogP contribution in [-0.2, 0) is 14.3 Å². The first-order chi connectivity index (χ1) is 9.48. The predicted octanol–water partition coefficient (Wildman–Crippen LogP) is 2.73. The molecule has 0 aromatic heterocycles. The van der Waals surface area contributed by atoms with Gasteiger partial charge in [-0.2, -0.15) is 8.42 Å². The minimum absolute atomic E-state index is 0.0396. The molecule has 0 bridgehead atoms. The molecular weight excluding hydrogens is 288 g/mol. The van der Waals surface area contributed by atoms with Gasteiger partial charge in [0.25, 0.3) is 10.1 Å². The van der Waals surface area contributed by atoms with E-state index >= 15 is 0 Å². The van der Waals surface area contributed by atoms with Gasteiger partial charge in [-0.15, -0.1) is 0 Å². The van der Waals surface area contributed by atoms with Crippen molar-refractivity contribution >= 4 is 10.1 Å². The van der Waals surface area contributed by atoms with E-state index in [2.05, 4.69) is 27.4 Å². The highest BCUT2D eigenvalue weighted by Crippen LogP contribution is 2.60. The third-order valence-corrected chi connectivity index (χ3v) is 6.57. The van der Waals surface area contributed by atoms with E-state index in [0.717, 1.165) is 37.5 Å². The van der Waals surface area contributed by atoms with Gasteiger partial charge >= 0.3 is 0 Å². The van der Waals surface area contributed by atoms with E-state index in [-0.39, 0.29) is 29.5 Å². The molecule has 0 heterocycles. The molecule has 2 aliphatic carbocycles. The summed E-state index contributed by atoms with van der Waals surface area (Å²) in [5, 5.41) is 10.4. The molecular formula is C16H28O4S. The van der Waals surface area contributed by atoms with Gasteiger partial charge in [0, 0.05) is 5.92 Å². The summed E-state index contributed by atoms with van der Waals surface area (Å²) < 4.78 is 27.8. The lowest BCUT2D eigenvalue weighted by molar-refractivity contribution is -0.128. The molecule has 2 aliphatic rings. The summed E-state index contributed by atoms with van der Waals surface area (Å²) >= 11 is 0. The van der Waals surface area contributed by atoms with Gasteiger partial charge in [-0.25, -0.2) is 0 Å². The maximum absolute atomic E-state index is 11.3. The average Bonchev–Trinajstić information content (AvgIpc) is 2.32. The summed E-state index contributed by atoms with van der Waals surface area (Å²) in [6.45, 7) is 10.8. The predicted molar refractivity (Wildman–Crippen MR) is 83.3 cm³/mol. The van der Waals surface area contributed by atoms with Crippen LogP contribution in [-0.4, -0.2) is 32.5 Å². The van der Waals surface area contributed by atoms with Gasteiger partial charge < -0.3 is 5.11 Å². The average molecular weight is 316 g/mol. The van der Waals surface area contributed by atoms with E-state index in [1.54, 1.807) is 0 Å². The fourth-order valence-electron chi connectivity index (χ4n) is 4.66. The Hall–Kier alpha value is -0.390. The number of hydrogen-bond acceptors (Lipinski definition) is 4. The maximum atomic E-state index is 11.3. The largest absolute Gasteiger partial charge is 0.393 e. The van der Waals surface area contributed by atoms with Gasteiger partial charge in [0.05, 0.1) is 19.0 Å². The lowest BCUT2D eigenvalue weighted by Gasteiger charge is -2.59. The molecule has 0 radical (unpaired) electrons. The quantitative estimate of drug-likeness (QED) is 0.642. The van der Waals surface area contributed by atoms with Crippen molar-refractivity contribution in [1.29, 1.82) is 0 Å². The molecule has 21 heavy (non-hydrogen) atoms. The molecule has 0 spiro atoms. The molecule has 4 nitrogen and oxygen atoms in total. The summed E-state index contributed by atoms with van der Waals surface area (Å²) in [5.41, 5.74) is 0.879. The summed E-state index contributed by atoms with van der Waals surface area (Å²) in [6, 6.07) is 0. The minimum atomic E-state index is -3.44. The van der Waals surface area contributed by atoms with Crippen LogP contribution in [0.5, 0.6) is 0 Å². The molecule has 4 atom stereocenters. The van der Waals surface area contributed by atoms with Gasteiger partial charge in [0.2, 0.25) is 0 Å². The summed E-state index contributed by atoms with van der Waals surface area (Å²) in [6.07, 6.45) is 4.33. The standard InChI is InChI=1S/C16H28O4S/c1-11-6-7-13-15(2,3)14(17)8-9-16(13,4)12(11)10-20-21(5,18)19/h12-14,17H,1,6-10H2,2-5H3/t12-,13-,14-,16+/m0/s1. The monoisotopic (exact) mass is 316 g/mol. The van der Waals surface area contributed by atoms with Crippen molar-refractivity contribution in [3.8, 4) is 0 Å². The smallest absolute Gasteiger partial charge is 0.264 e. The zero-order chi connectivity index (χ0) is 16.1. The van der Waals surface area contributed by atoms with Gasteiger partial charge in [-0.1, -0.05) is 32.9 Å². The zero-order valence-corrected chi connectivity index (χ0v) is 14.4. The molecule has 122 valence electrons. The number of aliphatic hydroxyl groups is 1. The second-order valence-electron chi connectivity index (χ2n) is 7.67. The van der Waals surface area contributed by atoms with Crippen molar-refractivity contribution in [2.75, 3.05) is 12.9 Å². The first-order valence-electron chi connectivity index (χ1n) is 7.68. The van der Waals surface area contributed by atoms with Crippen LogP contribution in [0.1, 0.15) is 46.5 Å². The van der Waals surface area contributed by atoms with Crippen LogP contribution < -0.4 is 0 Å². The van der Waals surface area contributed by atoms with Gasteiger partial charge in [-0.3, -0.25) is 4.18 Å². The fraction of sp³-hybridized carbons (Fsp3) is 0.875. The van der Waals surface area contributed by atoms with Crippen molar-refractivity contribution in [1.82, 2.24) is 0 Å². The van der Waals surface area contributed by atoms with Crippen molar-refractivity contribution in [2.24, 2.45) is 22.7 Å². The van der Waals surface area contributed by atoms with E-state index in [4.69, 9.17) is 4.18 Å². The second-order valence-corrected chi connectivity index (χ2v) is 9.32. The van der Waals surface area contributed by atoms with Crippen LogP contribution in [0.4, 0.5) is 0 Å². The highest BCUT2D eigenvalue weighted by atomic mass is 32.2. The van der Waals surface area contributed by atoms with Gasteiger partial charge in [-0.05, 0) is 42.4 Å². The van der Waals surface area contributed by atoms with Gasteiger partial charge in [0.15, 0.2) is 0 Å². The second kappa shape index (κ2) is 5.36. The Balaban J connectivity index is 2.30. The van der Waals surface area contributed by atoms with E-state index in [1.807, 2.05) is 0 Å². The van der Waals surface area contributed by atoms with Crippen LogP contribution in [0.25, 0.3) is 0 Å². The Morgan fingerprint density at radius 1 is 1.33 bits per heavy atom. The molecule has 2 rings (SSSR count). The Morgan fingerprint density at radius 3 is 2.52 bits per heavy atom. The third-order valence-electron chi connectivity index (χ3n) is 6.00. The summed E-state index contributed by atoms with van der Waals surface area (Å²) in [4.78, 5) is 0. The highest BCUT2D eigenvalue weighted by Gasteiger charge is 2.56. The highest BCUT2D eigenvalue weighted by molar-refractivity contribution is 7.85. The van der Waals surface area contributed by atoms with Crippen molar-refractivity contribution < 1.29 is 17.7 Å².